The van der Waals surface area contributed by atoms with E-state index in [-0.39, 0.29) is 6.04 Å². The Morgan fingerprint density at radius 3 is 3.14 bits per heavy atom. The van der Waals surface area contributed by atoms with Gasteiger partial charge in [-0.2, -0.15) is 5.10 Å². The minimum absolute atomic E-state index is 0.115. The summed E-state index contributed by atoms with van der Waals surface area (Å²) in [7, 11) is 0. The van der Waals surface area contributed by atoms with Crippen molar-refractivity contribution in [3.8, 4) is 5.75 Å². The number of nitrogens with zero attached hydrogens (tertiary/aromatic N) is 3. The van der Waals surface area contributed by atoms with E-state index in [0.29, 0.717) is 5.92 Å². The first-order chi connectivity index (χ1) is 10.3. The second kappa shape index (κ2) is 6.24. The molecular formula is C15H21N5O. The van der Waals surface area contributed by atoms with Crippen LogP contribution in [0.1, 0.15) is 30.7 Å². The quantitative estimate of drug-likeness (QED) is 0.639. The number of hydrazine groups is 1. The van der Waals surface area contributed by atoms with E-state index in [4.69, 9.17) is 10.6 Å². The highest BCUT2D eigenvalue weighted by molar-refractivity contribution is 5.38. The van der Waals surface area contributed by atoms with Crippen LogP contribution in [-0.2, 0) is 13.0 Å². The number of aromatic nitrogens is 3. The second-order valence-corrected chi connectivity index (χ2v) is 5.25. The number of para-hydroxylation sites is 1. The van der Waals surface area contributed by atoms with Crippen molar-refractivity contribution in [1.29, 1.82) is 0 Å². The van der Waals surface area contributed by atoms with Crippen LogP contribution in [0.5, 0.6) is 5.75 Å². The van der Waals surface area contributed by atoms with Gasteiger partial charge in [0, 0.05) is 24.9 Å². The van der Waals surface area contributed by atoms with Gasteiger partial charge in [-0.05, 0) is 25.0 Å². The van der Waals surface area contributed by atoms with Crippen molar-refractivity contribution in [1.82, 2.24) is 20.2 Å². The Morgan fingerprint density at radius 1 is 1.48 bits per heavy atom. The molecule has 1 aromatic heterocycles. The molecule has 0 saturated carbocycles. The first-order valence-corrected chi connectivity index (χ1v) is 7.38. The van der Waals surface area contributed by atoms with E-state index in [2.05, 4.69) is 28.5 Å². The van der Waals surface area contributed by atoms with Crippen molar-refractivity contribution < 1.29 is 4.74 Å². The van der Waals surface area contributed by atoms with E-state index < -0.39 is 0 Å². The third-order valence-electron chi connectivity index (χ3n) is 4.10. The molecule has 2 heterocycles. The molecule has 0 bridgehead atoms. The molecule has 1 aliphatic heterocycles. The topological polar surface area (TPSA) is 78.0 Å². The minimum atomic E-state index is 0.115. The third-order valence-corrected chi connectivity index (χ3v) is 4.10. The van der Waals surface area contributed by atoms with Gasteiger partial charge in [0.25, 0.3) is 0 Å². The molecule has 6 nitrogen and oxygen atoms in total. The van der Waals surface area contributed by atoms with Crippen molar-refractivity contribution in [2.45, 2.75) is 38.3 Å². The van der Waals surface area contributed by atoms with Gasteiger partial charge >= 0.3 is 0 Å². The van der Waals surface area contributed by atoms with Crippen molar-refractivity contribution in [3.63, 3.8) is 0 Å². The smallest absolute Gasteiger partial charge is 0.138 e. The zero-order chi connectivity index (χ0) is 14.7. The molecule has 21 heavy (non-hydrogen) atoms. The van der Waals surface area contributed by atoms with Gasteiger partial charge in [-0.25, -0.2) is 4.98 Å². The molecule has 3 rings (SSSR count). The highest BCUT2D eigenvalue weighted by Gasteiger charge is 2.29. The number of nitrogens with two attached hydrogens (primary N) is 1. The van der Waals surface area contributed by atoms with E-state index in [1.165, 1.54) is 5.56 Å². The SMILES string of the molecule is CCn1ncnc1CC(NN)C1CCOc2ccccc21. The molecule has 0 spiro atoms. The van der Waals surface area contributed by atoms with Crippen LogP contribution in [0.4, 0.5) is 0 Å². The molecule has 0 radical (unpaired) electrons. The molecule has 3 N–H and O–H groups in total. The number of aryl methyl sites for hydroxylation is 1. The lowest BCUT2D eigenvalue weighted by Crippen LogP contribution is -2.43. The maximum absolute atomic E-state index is 5.82. The number of rotatable bonds is 5. The van der Waals surface area contributed by atoms with Crippen LogP contribution in [0.25, 0.3) is 0 Å². The number of hydrogen-bond donors (Lipinski definition) is 2. The number of ether oxygens (including phenoxy) is 1. The van der Waals surface area contributed by atoms with Gasteiger partial charge in [0.2, 0.25) is 0 Å². The summed E-state index contributed by atoms with van der Waals surface area (Å²) in [6.45, 7) is 3.60. The van der Waals surface area contributed by atoms with Gasteiger partial charge in [0.05, 0.1) is 6.61 Å². The molecule has 112 valence electrons. The van der Waals surface area contributed by atoms with E-state index in [1.807, 2.05) is 22.9 Å². The second-order valence-electron chi connectivity index (χ2n) is 5.25. The monoisotopic (exact) mass is 287 g/mol. The lowest BCUT2D eigenvalue weighted by Gasteiger charge is -2.31. The van der Waals surface area contributed by atoms with Crippen molar-refractivity contribution in [2.75, 3.05) is 6.61 Å². The molecule has 6 heteroatoms. The molecule has 0 amide bonds. The Kier molecular flexibility index (Phi) is 4.17. The maximum atomic E-state index is 5.82. The predicted molar refractivity (Wildman–Crippen MR) is 79.8 cm³/mol. The highest BCUT2D eigenvalue weighted by Crippen LogP contribution is 2.36. The van der Waals surface area contributed by atoms with Crippen LogP contribution < -0.4 is 16.0 Å². The number of fused-ring (bicyclic) bond motifs is 1. The summed E-state index contributed by atoms with van der Waals surface area (Å²) in [5.74, 6) is 8.07. The highest BCUT2D eigenvalue weighted by atomic mass is 16.5. The van der Waals surface area contributed by atoms with Crippen LogP contribution in [0.15, 0.2) is 30.6 Å². The van der Waals surface area contributed by atoms with Gasteiger partial charge < -0.3 is 4.74 Å². The standard InChI is InChI=1S/C15H21N5O/c1-2-20-15(17-10-18-20)9-13(19-16)11-7-8-21-14-6-4-3-5-12(11)14/h3-6,10-11,13,19H,2,7-9,16H2,1H3. The predicted octanol–water partition coefficient (Wildman–Crippen LogP) is 1.24. The van der Waals surface area contributed by atoms with Crippen LogP contribution in [0, 0.1) is 0 Å². The first kappa shape index (κ1) is 14.0. The Hall–Kier alpha value is -1.92. The molecule has 1 aromatic carbocycles. The summed E-state index contributed by atoms with van der Waals surface area (Å²) < 4.78 is 7.64. The van der Waals surface area contributed by atoms with Crippen LogP contribution in [0.2, 0.25) is 0 Å². The molecule has 0 aliphatic carbocycles. The lowest BCUT2D eigenvalue weighted by atomic mass is 9.85. The Balaban J connectivity index is 1.84. The molecule has 2 aromatic rings. The Bertz CT molecular complexity index is 597. The number of hydrogen-bond acceptors (Lipinski definition) is 5. The Labute approximate surface area is 124 Å². The van der Waals surface area contributed by atoms with Crippen molar-refractivity contribution in [3.05, 3.63) is 42.0 Å². The summed E-state index contributed by atoms with van der Waals surface area (Å²) in [5.41, 5.74) is 4.18. The zero-order valence-corrected chi connectivity index (χ0v) is 12.2. The summed E-state index contributed by atoms with van der Waals surface area (Å²) in [6, 6.07) is 8.30. The third kappa shape index (κ3) is 2.77. The summed E-state index contributed by atoms with van der Waals surface area (Å²) in [4.78, 5) is 4.35. The molecule has 2 atom stereocenters. The Morgan fingerprint density at radius 2 is 2.33 bits per heavy atom. The number of benzene rings is 1. The minimum Gasteiger partial charge on any atom is -0.493 e. The van der Waals surface area contributed by atoms with Crippen LogP contribution >= 0.6 is 0 Å². The van der Waals surface area contributed by atoms with Gasteiger partial charge in [-0.15, -0.1) is 0 Å². The average molecular weight is 287 g/mol. The summed E-state index contributed by atoms with van der Waals surface area (Å²) >= 11 is 0. The fourth-order valence-electron chi connectivity index (χ4n) is 3.01. The van der Waals surface area contributed by atoms with Gasteiger partial charge in [-0.1, -0.05) is 18.2 Å². The van der Waals surface area contributed by atoms with Gasteiger partial charge in [0.1, 0.15) is 17.9 Å². The maximum Gasteiger partial charge on any atom is 0.138 e. The molecule has 2 unspecified atom stereocenters. The fraction of sp³-hybridized carbons (Fsp3) is 0.467. The van der Waals surface area contributed by atoms with E-state index in [9.17, 15) is 0 Å². The molecule has 0 saturated heterocycles. The number of nitrogens with one attached hydrogen (secondary N) is 1. The van der Waals surface area contributed by atoms with E-state index in [1.54, 1.807) is 6.33 Å². The average Bonchev–Trinajstić information content (AvgIpc) is 2.99. The van der Waals surface area contributed by atoms with Crippen molar-refractivity contribution in [2.24, 2.45) is 5.84 Å². The fourth-order valence-corrected chi connectivity index (χ4v) is 3.01. The molecule has 1 aliphatic rings. The molecule has 0 fully saturated rings. The van der Waals surface area contributed by atoms with Crippen LogP contribution in [-0.4, -0.2) is 27.4 Å². The lowest BCUT2D eigenvalue weighted by molar-refractivity contribution is 0.243. The van der Waals surface area contributed by atoms with Gasteiger partial charge in [0.15, 0.2) is 0 Å². The largest absolute Gasteiger partial charge is 0.493 e. The van der Waals surface area contributed by atoms with Crippen LogP contribution in [0.3, 0.4) is 0 Å². The first-order valence-electron chi connectivity index (χ1n) is 7.38. The van der Waals surface area contributed by atoms with Crippen molar-refractivity contribution >= 4 is 0 Å². The zero-order valence-electron chi connectivity index (χ0n) is 12.2. The van der Waals surface area contributed by atoms with E-state index in [0.717, 1.165) is 37.6 Å². The van der Waals surface area contributed by atoms with E-state index >= 15 is 0 Å². The summed E-state index contributed by atoms with van der Waals surface area (Å²) in [5, 5.41) is 4.22. The van der Waals surface area contributed by atoms with Gasteiger partial charge in [-0.3, -0.25) is 16.0 Å². The normalized spacial score (nSPS) is 18.9. The molecular weight excluding hydrogens is 266 g/mol. The summed E-state index contributed by atoms with van der Waals surface area (Å²) in [6.07, 6.45) is 3.31.